The summed E-state index contributed by atoms with van der Waals surface area (Å²) in [6.45, 7) is 1.98. The molecule has 5 rings (SSSR count). The molecule has 3 amide bonds. The molecular weight excluding hydrogens is 532 g/mol. The Morgan fingerprint density at radius 2 is 1.79 bits per heavy atom. The SMILES string of the molecule is O=C(CN1C(=O)S/C(=C/c2ccc(-c3cc([N+](=O)[O-])ccc3Cl)o2)C1=O)N1CCN(c2ccccc2)CC1. The summed E-state index contributed by atoms with van der Waals surface area (Å²) in [5.41, 5.74) is 1.27. The molecule has 2 aliphatic heterocycles. The number of amides is 3. The molecule has 3 heterocycles. The summed E-state index contributed by atoms with van der Waals surface area (Å²) in [4.78, 5) is 53.8. The summed E-state index contributed by atoms with van der Waals surface area (Å²) in [6, 6.07) is 17.0. The first-order valence-electron chi connectivity index (χ1n) is 11.7. The van der Waals surface area contributed by atoms with Gasteiger partial charge in [-0.25, -0.2) is 0 Å². The molecule has 0 atom stereocenters. The van der Waals surface area contributed by atoms with E-state index in [0.717, 1.165) is 22.3 Å². The molecule has 0 unspecified atom stereocenters. The molecule has 2 saturated heterocycles. The number of halogens is 1. The molecule has 10 nitrogen and oxygen atoms in total. The smallest absolute Gasteiger partial charge is 0.294 e. The van der Waals surface area contributed by atoms with Crippen molar-refractivity contribution in [3.63, 3.8) is 0 Å². The third-order valence-electron chi connectivity index (χ3n) is 6.25. The number of thioether (sulfide) groups is 1. The Morgan fingerprint density at radius 3 is 2.50 bits per heavy atom. The Balaban J connectivity index is 1.23. The fourth-order valence-corrected chi connectivity index (χ4v) is 5.27. The second-order valence-electron chi connectivity index (χ2n) is 8.59. The van der Waals surface area contributed by atoms with Crippen molar-refractivity contribution in [2.75, 3.05) is 37.6 Å². The van der Waals surface area contributed by atoms with Gasteiger partial charge in [0.2, 0.25) is 5.91 Å². The van der Waals surface area contributed by atoms with Crippen LogP contribution in [-0.2, 0) is 9.59 Å². The first kappa shape index (κ1) is 25.6. The predicted octanol–water partition coefficient (Wildman–Crippen LogP) is 4.89. The van der Waals surface area contributed by atoms with Crippen molar-refractivity contribution in [2.24, 2.45) is 0 Å². The minimum absolute atomic E-state index is 0.114. The Hall–Kier alpha value is -4.09. The van der Waals surface area contributed by atoms with Gasteiger partial charge in [0, 0.05) is 55.6 Å². The van der Waals surface area contributed by atoms with Gasteiger partial charge in [-0.2, -0.15) is 0 Å². The number of non-ortho nitro benzene ring substituents is 1. The molecule has 0 bridgehead atoms. The van der Waals surface area contributed by atoms with Crippen LogP contribution in [0.15, 0.2) is 70.0 Å². The van der Waals surface area contributed by atoms with Gasteiger partial charge >= 0.3 is 0 Å². The van der Waals surface area contributed by atoms with Crippen LogP contribution in [0.2, 0.25) is 5.02 Å². The number of nitro groups is 1. The van der Waals surface area contributed by atoms with Crippen LogP contribution in [0.4, 0.5) is 16.2 Å². The van der Waals surface area contributed by atoms with E-state index in [1.54, 1.807) is 17.0 Å². The number of para-hydroxylation sites is 1. The lowest BCUT2D eigenvalue weighted by Crippen LogP contribution is -2.51. The standard InChI is InChI=1S/C26H21ClN4O6S/c27-21-8-6-18(31(35)36)14-20(21)22-9-7-19(37-22)15-23-25(33)30(26(34)38-23)16-24(32)29-12-10-28(11-13-29)17-4-2-1-3-5-17/h1-9,14-15H,10-13,16H2/b23-15+. The van der Waals surface area contributed by atoms with E-state index in [4.69, 9.17) is 16.0 Å². The van der Waals surface area contributed by atoms with Crippen LogP contribution in [0.25, 0.3) is 17.4 Å². The zero-order valence-electron chi connectivity index (χ0n) is 19.9. The van der Waals surface area contributed by atoms with Crippen LogP contribution in [0.1, 0.15) is 5.76 Å². The quantitative estimate of drug-likeness (QED) is 0.241. The van der Waals surface area contributed by atoms with Gasteiger partial charge in [0.15, 0.2) is 0 Å². The number of benzene rings is 2. The first-order valence-corrected chi connectivity index (χ1v) is 12.9. The van der Waals surface area contributed by atoms with E-state index in [1.807, 2.05) is 30.3 Å². The number of hydrogen-bond acceptors (Lipinski definition) is 8. The van der Waals surface area contributed by atoms with E-state index >= 15 is 0 Å². The summed E-state index contributed by atoms with van der Waals surface area (Å²) in [5, 5.41) is 10.8. The minimum atomic E-state index is -0.581. The van der Waals surface area contributed by atoms with E-state index in [-0.39, 0.29) is 39.6 Å². The molecule has 194 valence electrons. The van der Waals surface area contributed by atoms with Crippen molar-refractivity contribution in [3.8, 4) is 11.3 Å². The number of nitro benzene ring substituents is 1. The molecule has 12 heteroatoms. The van der Waals surface area contributed by atoms with E-state index < -0.39 is 16.1 Å². The first-order chi connectivity index (χ1) is 18.3. The zero-order valence-corrected chi connectivity index (χ0v) is 21.5. The van der Waals surface area contributed by atoms with Crippen molar-refractivity contribution in [1.82, 2.24) is 9.80 Å². The number of hydrogen-bond donors (Lipinski definition) is 0. The van der Waals surface area contributed by atoms with E-state index in [2.05, 4.69) is 4.90 Å². The number of anilines is 1. The maximum Gasteiger partial charge on any atom is 0.294 e. The fourth-order valence-electron chi connectivity index (χ4n) is 4.24. The van der Waals surface area contributed by atoms with Crippen molar-refractivity contribution in [2.45, 2.75) is 0 Å². The highest BCUT2D eigenvalue weighted by Gasteiger charge is 2.37. The van der Waals surface area contributed by atoms with Crippen LogP contribution in [0.3, 0.4) is 0 Å². The third kappa shape index (κ3) is 5.29. The highest BCUT2D eigenvalue weighted by Crippen LogP contribution is 2.36. The van der Waals surface area contributed by atoms with Crippen LogP contribution >= 0.6 is 23.4 Å². The Kier molecular flexibility index (Phi) is 7.21. The Morgan fingerprint density at radius 1 is 1.05 bits per heavy atom. The van der Waals surface area contributed by atoms with E-state index in [0.29, 0.717) is 31.7 Å². The molecule has 0 saturated carbocycles. The van der Waals surface area contributed by atoms with Gasteiger partial charge in [0.25, 0.3) is 16.8 Å². The second-order valence-corrected chi connectivity index (χ2v) is 9.99. The number of carbonyl (C=O) groups excluding carboxylic acids is 3. The van der Waals surface area contributed by atoms with Crippen LogP contribution in [0.5, 0.6) is 0 Å². The molecule has 38 heavy (non-hydrogen) atoms. The van der Waals surface area contributed by atoms with Crippen molar-refractivity contribution >= 4 is 57.9 Å². The van der Waals surface area contributed by atoms with Gasteiger partial charge in [0.1, 0.15) is 18.1 Å². The molecule has 2 aliphatic rings. The highest BCUT2D eigenvalue weighted by atomic mass is 35.5. The monoisotopic (exact) mass is 552 g/mol. The number of imide groups is 1. The zero-order chi connectivity index (χ0) is 26.8. The molecule has 2 fully saturated rings. The second kappa shape index (κ2) is 10.7. The van der Waals surface area contributed by atoms with Gasteiger partial charge in [-0.15, -0.1) is 0 Å². The lowest BCUT2D eigenvalue weighted by atomic mass is 10.1. The molecule has 0 aliphatic carbocycles. The fraction of sp³-hybridized carbons (Fsp3) is 0.192. The number of furan rings is 1. The maximum absolute atomic E-state index is 12.9. The predicted molar refractivity (Wildman–Crippen MR) is 144 cm³/mol. The number of piperazine rings is 1. The third-order valence-corrected chi connectivity index (χ3v) is 7.48. The average molecular weight is 553 g/mol. The summed E-state index contributed by atoms with van der Waals surface area (Å²) in [6.07, 6.45) is 1.41. The normalized spacial score (nSPS) is 17.0. The van der Waals surface area contributed by atoms with Crippen LogP contribution in [0, 0.1) is 10.1 Å². The van der Waals surface area contributed by atoms with Crippen molar-refractivity contribution in [1.29, 1.82) is 0 Å². The average Bonchev–Trinajstić information content (AvgIpc) is 3.49. The largest absolute Gasteiger partial charge is 0.457 e. The minimum Gasteiger partial charge on any atom is -0.457 e. The van der Waals surface area contributed by atoms with Gasteiger partial charge in [-0.05, 0) is 42.1 Å². The van der Waals surface area contributed by atoms with Crippen molar-refractivity contribution < 1.29 is 23.7 Å². The molecule has 2 aromatic carbocycles. The van der Waals surface area contributed by atoms with Gasteiger partial charge in [-0.3, -0.25) is 29.4 Å². The summed E-state index contributed by atoms with van der Waals surface area (Å²) < 4.78 is 5.73. The number of carbonyl (C=O) groups is 3. The Bertz CT molecular complexity index is 1450. The van der Waals surface area contributed by atoms with Crippen LogP contribution in [-0.4, -0.2) is 64.5 Å². The van der Waals surface area contributed by atoms with E-state index in [9.17, 15) is 24.5 Å². The van der Waals surface area contributed by atoms with Gasteiger partial charge < -0.3 is 14.2 Å². The number of rotatable bonds is 6. The summed E-state index contributed by atoms with van der Waals surface area (Å²) in [5.74, 6) is -0.338. The lowest BCUT2D eigenvalue weighted by Gasteiger charge is -2.36. The molecule has 0 radical (unpaired) electrons. The van der Waals surface area contributed by atoms with Crippen molar-refractivity contribution in [3.05, 3.63) is 86.5 Å². The molecular formula is C26H21ClN4O6S. The van der Waals surface area contributed by atoms with E-state index in [1.165, 1.54) is 24.3 Å². The maximum atomic E-state index is 12.9. The van der Waals surface area contributed by atoms with Crippen LogP contribution < -0.4 is 4.90 Å². The molecule has 3 aromatic rings. The molecule has 0 spiro atoms. The molecule has 1 aromatic heterocycles. The van der Waals surface area contributed by atoms with Gasteiger partial charge in [0.05, 0.1) is 14.9 Å². The van der Waals surface area contributed by atoms with Gasteiger partial charge in [-0.1, -0.05) is 29.8 Å². The topological polar surface area (TPSA) is 117 Å². The molecule has 0 N–H and O–H groups in total. The lowest BCUT2D eigenvalue weighted by molar-refractivity contribution is -0.384. The summed E-state index contributed by atoms with van der Waals surface area (Å²) >= 11 is 6.90. The summed E-state index contributed by atoms with van der Waals surface area (Å²) in [7, 11) is 0. The highest BCUT2D eigenvalue weighted by molar-refractivity contribution is 8.18. The Labute approximate surface area is 226 Å². The number of nitrogens with zero attached hydrogens (tertiary/aromatic N) is 4.